The maximum absolute atomic E-state index is 12.8. The van der Waals surface area contributed by atoms with Crippen molar-refractivity contribution >= 4 is 12.1 Å². The number of methoxy groups -OCH3 is 1. The second kappa shape index (κ2) is 9.14. The molecule has 4 rings (SSSR count). The van der Waals surface area contributed by atoms with Crippen molar-refractivity contribution in [2.45, 2.75) is 18.4 Å². The molecule has 0 saturated carbocycles. The van der Waals surface area contributed by atoms with Gasteiger partial charge in [0.15, 0.2) is 0 Å². The molecular formula is C26H25NO5. The Bertz CT molecular complexity index is 1100. The van der Waals surface area contributed by atoms with Crippen LogP contribution in [0.3, 0.4) is 0 Å². The molecule has 1 unspecified atom stereocenters. The largest absolute Gasteiger partial charge is 0.497 e. The Balaban J connectivity index is 1.47. The van der Waals surface area contributed by atoms with Crippen LogP contribution in [0.1, 0.15) is 22.6 Å². The van der Waals surface area contributed by atoms with Gasteiger partial charge >= 0.3 is 12.1 Å². The number of ether oxygens (including phenoxy) is 2. The van der Waals surface area contributed by atoms with Crippen LogP contribution in [-0.4, -0.2) is 48.9 Å². The molecule has 32 heavy (non-hydrogen) atoms. The number of carbonyl (C=O) groups is 2. The normalized spacial score (nSPS) is 13.1. The maximum Gasteiger partial charge on any atom is 0.410 e. The molecule has 3 aromatic rings. The first-order valence-corrected chi connectivity index (χ1v) is 10.4. The third-order valence-corrected chi connectivity index (χ3v) is 5.94. The molecule has 1 aliphatic rings. The summed E-state index contributed by atoms with van der Waals surface area (Å²) in [7, 11) is 3.01. The van der Waals surface area contributed by atoms with Crippen molar-refractivity contribution in [3.8, 4) is 16.9 Å². The van der Waals surface area contributed by atoms with Gasteiger partial charge in [-0.05, 0) is 39.9 Å². The second-order valence-electron chi connectivity index (χ2n) is 7.82. The average Bonchev–Trinajstić information content (AvgIpc) is 3.14. The molecule has 3 aromatic carbocycles. The van der Waals surface area contributed by atoms with E-state index < -0.39 is 18.1 Å². The smallest absolute Gasteiger partial charge is 0.410 e. The predicted molar refractivity (Wildman–Crippen MR) is 121 cm³/mol. The highest BCUT2D eigenvalue weighted by Crippen LogP contribution is 2.44. The van der Waals surface area contributed by atoms with Crippen molar-refractivity contribution in [2.24, 2.45) is 0 Å². The van der Waals surface area contributed by atoms with Crippen LogP contribution in [0.2, 0.25) is 0 Å². The zero-order valence-electron chi connectivity index (χ0n) is 18.0. The van der Waals surface area contributed by atoms with Crippen LogP contribution >= 0.6 is 0 Å². The van der Waals surface area contributed by atoms with Gasteiger partial charge < -0.3 is 14.6 Å². The molecule has 0 saturated heterocycles. The summed E-state index contributed by atoms with van der Waals surface area (Å²) in [5, 5.41) is 9.74. The van der Waals surface area contributed by atoms with Gasteiger partial charge in [0.05, 0.1) is 7.11 Å². The molecule has 0 radical (unpaired) electrons. The van der Waals surface area contributed by atoms with Crippen molar-refractivity contribution in [1.29, 1.82) is 0 Å². The van der Waals surface area contributed by atoms with E-state index in [0.29, 0.717) is 5.75 Å². The molecule has 0 aliphatic heterocycles. The number of carboxylic acids is 1. The Morgan fingerprint density at radius 1 is 0.969 bits per heavy atom. The summed E-state index contributed by atoms with van der Waals surface area (Å²) in [6, 6.07) is 22.2. The highest BCUT2D eigenvalue weighted by Gasteiger charge is 2.32. The first kappa shape index (κ1) is 21.4. The Labute approximate surface area is 187 Å². The fraction of sp³-hybridized carbons (Fsp3) is 0.231. The number of rotatable bonds is 7. The number of carboxylic acid groups (broad SMARTS) is 1. The number of carbonyl (C=O) groups excluding carboxylic acids is 1. The SMILES string of the molecule is COc1cccc(CC(C(=O)O)N(C)C(=O)OCC2c3ccccc3-c3ccccc32)c1. The minimum absolute atomic E-state index is 0.0820. The summed E-state index contributed by atoms with van der Waals surface area (Å²) in [4.78, 5) is 25.9. The van der Waals surface area contributed by atoms with Crippen LogP contribution in [0.4, 0.5) is 4.79 Å². The molecule has 0 bridgehead atoms. The van der Waals surface area contributed by atoms with Gasteiger partial charge in [0.2, 0.25) is 0 Å². The number of aliphatic carboxylic acids is 1. The Hall–Kier alpha value is -3.80. The van der Waals surface area contributed by atoms with E-state index in [0.717, 1.165) is 32.7 Å². The van der Waals surface area contributed by atoms with Crippen LogP contribution in [0.15, 0.2) is 72.8 Å². The lowest BCUT2D eigenvalue weighted by Gasteiger charge is -2.25. The van der Waals surface area contributed by atoms with Crippen LogP contribution < -0.4 is 4.74 Å². The van der Waals surface area contributed by atoms with Crippen LogP contribution in [0.25, 0.3) is 11.1 Å². The standard InChI is InChI=1S/C26H25NO5/c1-27(24(25(28)29)15-17-8-7-9-18(14-17)31-2)26(30)32-16-23-21-12-5-3-10-19(21)20-11-4-6-13-22(20)23/h3-14,23-24H,15-16H2,1-2H3,(H,28,29). The molecule has 1 aliphatic carbocycles. The number of likely N-dealkylation sites (N-methyl/N-ethyl adjacent to an activating group) is 1. The van der Waals surface area contributed by atoms with Crippen LogP contribution in [0, 0.1) is 0 Å². The lowest BCUT2D eigenvalue weighted by atomic mass is 9.98. The third kappa shape index (κ3) is 4.17. The quantitative estimate of drug-likeness (QED) is 0.593. The molecule has 1 atom stereocenters. The van der Waals surface area contributed by atoms with E-state index >= 15 is 0 Å². The first-order chi connectivity index (χ1) is 15.5. The van der Waals surface area contributed by atoms with E-state index in [2.05, 4.69) is 12.1 Å². The lowest BCUT2D eigenvalue weighted by molar-refractivity contribution is -0.142. The number of hydrogen-bond acceptors (Lipinski definition) is 4. The molecular weight excluding hydrogens is 406 g/mol. The zero-order valence-corrected chi connectivity index (χ0v) is 18.0. The number of hydrogen-bond donors (Lipinski definition) is 1. The lowest BCUT2D eigenvalue weighted by Crippen LogP contribution is -2.44. The van der Waals surface area contributed by atoms with Crippen LogP contribution in [-0.2, 0) is 16.0 Å². The van der Waals surface area contributed by atoms with Gasteiger partial charge in [-0.15, -0.1) is 0 Å². The van der Waals surface area contributed by atoms with E-state index in [1.807, 2.05) is 42.5 Å². The topological polar surface area (TPSA) is 76.1 Å². The maximum atomic E-state index is 12.8. The summed E-state index contributed by atoms with van der Waals surface area (Å²) >= 11 is 0. The van der Waals surface area contributed by atoms with Crippen molar-refractivity contribution in [3.05, 3.63) is 89.5 Å². The van der Waals surface area contributed by atoms with Gasteiger partial charge in [-0.25, -0.2) is 9.59 Å². The highest BCUT2D eigenvalue weighted by atomic mass is 16.6. The molecule has 0 fully saturated rings. The molecule has 1 N–H and O–H groups in total. The Morgan fingerprint density at radius 2 is 1.59 bits per heavy atom. The monoisotopic (exact) mass is 431 g/mol. The number of fused-ring (bicyclic) bond motifs is 3. The first-order valence-electron chi connectivity index (χ1n) is 10.4. The van der Waals surface area contributed by atoms with E-state index in [1.165, 1.54) is 7.05 Å². The number of benzene rings is 3. The molecule has 164 valence electrons. The minimum Gasteiger partial charge on any atom is -0.497 e. The Morgan fingerprint density at radius 3 is 2.19 bits per heavy atom. The molecule has 0 heterocycles. The molecule has 1 amide bonds. The van der Waals surface area contributed by atoms with Crippen LogP contribution in [0.5, 0.6) is 5.75 Å². The van der Waals surface area contributed by atoms with E-state index in [1.54, 1.807) is 25.3 Å². The van der Waals surface area contributed by atoms with Gasteiger partial charge in [-0.2, -0.15) is 0 Å². The Kier molecular flexibility index (Phi) is 6.12. The van der Waals surface area contributed by atoms with Crippen molar-refractivity contribution in [2.75, 3.05) is 20.8 Å². The average molecular weight is 431 g/mol. The highest BCUT2D eigenvalue weighted by molar-refractivity contribution is 5.81. The zero-order chi connectivity index (χ0) is 22.7. The van der Waals surface area contributed by atoms with E-state index in [-0.39, 0.29) is 18.9 Å². The van der Waals surface area contributed by atoms with Gasteiger partial charge in [-0.1, -0.05) is 60.7 Å². The number of nitrogens with zero attached hydrogens (tertiary/aromatic N) is 1. The van der Waals surface area contributed by atoms with Crippen molar-refractivity contribution < 1.29 is 24.2 Å². The summed E-state index contributed by atoms with van der Waals surface area (Å²) in [6.07, 6.45) is -0.519. The minimum atomic E-state index is -1.09. The van der Waals surface area contributed by atoms with Crippen molar-refractivity contribution in [1.82, 2.24) is 4.90 Å². The molecule has 0 spiro atoms. The summed E-state index contributed by atoms with van der Waals surface area (Å²) in [5.74, 6) is -0.541. The molecule has 0 aromatic heterocycles. The summed E-state index contributed by atoms with van der Waals surface area (Å²) in [5.41, 5.74) is 5.25. The van der Waals surface area contributed by atoms with Gasteiger partial charge in [-0.3, -0.25) is 4.90 Å². The van der Waals surface area contributed by atoms with Gasteiger partial charge in [0, 0.05) is 19.4 Å². The second-order valence-corrected chi connectivity index (χ2v) is 7.82. The summed E-state index contributed by atoms with van der Waals surface area (Å²) < 4.78 is 10.8. The fourth-order valence-corrected chi connectivity index (χ4v) is 4.24. The van der Waals surface area contributed by atoms with Crippen molar-refractivity contribution in [3.63, 3.8) is 0 Å². The fourth-order valence-electron chi connectivity index (χ4n) is 4.24. The molecule has 6 heteroatoms. The van der Waals surface area contributed by atoms with E-state index in [9.17, 15) is 14.7 Å². The van der Waals surface area contributed by atoms with Gasteiger partial charge in [0.1, 0.15) is 18.4 Å². The third-order valence-electron chi connectivity index (χ3n) is 5.94. The van der Waals surface area contributed by atoms with Gasteiger partial charge in [0.25, 0.3) is 0 Å². The predicted octanol–water partition coefficient (Wildman–Crippen LogP) is 4.57. The molecule has 6 nitrogen and oxygen atoms in total. The van der Waals surface area contributed by atoms with E-state index in [4.69, 9.17) is 9.47 Å². The number of amides is 1. The summed E-state index contributed by atoms with van der Waals surface area (Å²) in [6.45, 7) is 0.142.